The van der Waals surface area contributed by atoms with Gasteiger partial charge in [-0.15, -0.1) is 0 Å². The van der Waals surface area contributed by atoms with Crippen molar-refractivity contribution in [2.24, 2.45) is 11.5 Å². The van der Waals surface area contributed by atoms with Crippen LogP contribution >= 0.6 is 0 Å². The summed E-state index contributed by atoms with van der Waals surface area (Å²) in [4.78, 5) is 0. The Bertz CT molecular complexity index is 307. The smallest absolute Gasteiger partial charge is 0.0294 e. The fourth-order valence-corrected chi connectivity index (χ4v) is 1.82. The van der Waals surface area contributed by atoms with Crippen molar-refractivity contribution in [3.8, 4) is 0 Å². The van der Waals surface area contributed by atoms with Gasteiger partial charge in [0, 0.05) is 6.04 Å². The van der Waals surface area contributed by atoms with Crippen molar-refractivity contribution in [2.45, 2.75) is 45.1 Å². The summed E-state index contributed by atoms with van der Waals surface area (Å²) in [5.74, 6) is 0.566. The van der Waals surface area contributed by atoms with E-state index in [9.17, 15) is 0 Å². The normalized spacial score (nSPS) is 13.1. The van der Waals surface area contributed by atoms with Gasteiger partial charge in [0.15, 0.2) is 0 Å². The maximum atomic E-state index is 6.16. The van der Waals surface area contributed by atoms with Crippen LogP contribution in [0.3, 0.4) is 0 Å². The number of unbranched alkanes of at least 4 members (excludes halogenated alkanes) is 1. The molecule has 0 aromatic heterocycles. The van der Waals surface area contributed by atoms with Crippen molar-refractivity contribution in [1.29, 1.82) is 0 Å². The fraction of sp³-hybridized carbons (Fsp3) is 0.571. The predicted molar refractivity (Wildman–Crippen MR) is 70.4 cm³/mol. The summed E-state index contributed by atoms with van der Waals surface area (Å²) in [7, 11) is 0. The second-order valence-corrected chi connectivity index (χ2v) is 4.72. The van der Waals surface area contributed by atoms with Gasteiger partial charge in [0.25, 0.3) is 0 Å². The molecule has 0 unspecified atom stereocenters. The number of nitrogens with two attached hydrogens (primary N) is 2. The van der Waals surface area contributed by atoms with Crippen LogP contribution in [0, 0.1) is 0 Å². The van der Waals surface area contributed by atoms with Crippen LogP contribution in [0.1, 0.15) is 56.2 Å². The minimum atomic E-state index is 0.158. The molecule has 0 aliphatic rings. The van der Waals surface area contributed by atoms with Gasteiger partial charge in [0.05, 0.1) is 0 Å². The first-order chi connectivity index (χ1) is 7.65. The molecule has 0 bridgehead atoms. The average Bonchev–Trinajstić information content (AvgIpc) is 2.29. The summed E-state index contributed by atoms with van der Waals surface area (Å²) >= 11 is 0. The van der Waals surface area contributed by atoms with E-state index in [0.29, 0.717) is 5.92 Å². The highest BCUT2D eigenvalue weighted by atomic mass is 14.6. The average molecular weight is 220 g/mol. The van der Waals surface area contributed by atoms with Crippen LogP contribution in [-0.2, 0) is 0 Å². The van der Waals surface area contributed by atoms with Crippen LogP contribution in [0.5, 0.6) is 0 Å². The summed E-state index contributed by atoms with van der Waals surface area (Å²) in [5.41, 5.74) is 14.3. The third-order valence-corrected chi connectivity index (χ3v) is 2.97. The molecule has 1 rings (SSSR count). The third kappa shape index (κ3) is 3.95. The number of rotatable bonds is 6. The van der Waals surface area contributed by atoms with Gasteiger partial charge in [-0.05, 0) is 36.4 Å². The first-order valence-electron chi connectivity index (χ1n) is 6.20. The number of hydrogen-bond donors (Lipinski definition) is 2. The second-order valence-electron chi connectivity index (χ2n) is 4.72. The molecule has 2 heteroatoms. The molecule has 0 heterocycles. The lowest BCUT2D eigenvalue weighted by atomic mass is 9.96. The third-order valence-electron chi connectivity index (χ3n) is 2.97. The van der Waals surface area contributed by atoms with Crippen LogP contribution in [0.4, 0.5) is 0 Å². The molecule has 0 fully saturated rings. The summed E-state index contributed by atoms with van der Waals surface area (Å²) < 4.78 is 0. The fourth-order valence-electron chi connectivity index (χ4n) is 1.82. The Kier molecular flexibility index (Phi) is 5.50. The molecule has 4 N–H and O–H groups in total. The second kappa shape index (κ2) is 6.66. The molecule has 1 atom stereocenters. The quantitative estimate of drug-likeness (QED) is 0.724. The van der Waals surface area contributed by atoms with Gasteiger partial charge in [0.2, 0.25) is 0 Å². The monoisotopic (exact) mass is 220 g/mol. The first-order valence-corrected chi connectivity index (χ1v) is 6.20. The molecule has 0 spiro atoms. The van der Waals surface area contributed by atoms with Crippen molar-refractivity contribution in [3.63, 3.8) is 0 Å². The van der Waals surface area contributed by atoms with Gasteiger partial charge in [-0.25, -0.2) is 0 Å². The standard InChI is InChI=1S/C14H24N2/c1-11(2)12-6-5-7-13(10-12)14(16)8-3-4-9-15/h5-7,10-11,14H,3-4,8-9,15-16H2,1-2H3/t14-/m0/s1. The van der Waals surface area contributed by atoms with Crippen molar-refractivity contribution >= 4 is 0 Å². The molecule has 2 nitrogen and oxygen atoms in total. The predicted octanol–water partition coefficient (Wildman–Crippen LogP) is 2.94. The summed E-state index contributed by atoms with van der Waals surface area (Å²) in [6.07, 6.45) is 3.21. The van der Waals surface area contributed by atoms with Crippen LogP contribution in [0.2, 0.25) is 0 Å². The molecular weight excluding hydrogens is 196 g/mol. The van der Waals surface area contributed by atoms with Crippen LogP contribution in [0.25, 0.3) is 0 Å². The van der Waals surface area contributed by atoms with E-state index in [0.717, 1.165) is 25.8 Å². The Balaban J connectivity index is 2.60. The van der Waals surface area contributed by atoms with Gasteiger partial charge in [-0.3, -0.25) is 0 Å². The molecule has 0 saturated carbocycles. The lowest BCUT2D eigenvalue weighted by Crippen LogP contribution is -2.11. The Morgan fingerprint density at radius 3 is 2.44 bits per heavy atom. The van der Waals surface area contributed by atoms with Gasteiger partial charge in [0.1, 0.15) is 0 Å². The summed E-state index contributed by atoms with van der Waals surface area (Å²) in [5, 5.41) is 0. The largest absolute Gasteiger partial charge is 0.330 e. The van der Waals surface area contributed by atoms with Crippen LogP contribution in [0.15, 0.2) is 24.3 Å². The topological polar surface area (TPSA) is 52.0 Å². The number of hydrogen-bond acceptors (Lipinski definition) is 2. The Morgan fingerprint density at radius 1 is 1.12 bits per heavy atom. The molecule has 1 aromatic rings. The van der Waals surface area contributed by atoms with Crippen molar-refractivity contribution in [2.75, 3.05) is 6.54 Å². The van der Waals surface area contributed by atoms with Crippen molar-refractivity contribution in [3.05, 3.63) is 35.4 Å². The zero-order valence-electron chi connectivity index (χ0n) is 10.4. The van der Waals surface area contributed by atoms with E-state index in [2.05, 4.69) is 38.1 Å². The highest BCUT2D eigenvalue weighted by Crippen LogP contribution is 2.21. The van der Waals surface area contributed by atoms with Crippen LogP contribution < -0.4 is 11.5 Å². The summed E-state index contributed by atoms with van der Waals surface area (Å²) in [6, 6.07) is 8.79. The summed E-state index contributed by atoms with van der Waals surface area (Å²) in [6.45, 7) is 5.18. The lowest BCUT2D eigenvalue weighted by molar-refractivity contribution is 0.590. The molecule has 16 heavy (non-hydrogen) atoms. The van der Waals surface area contributed by atoms with Gasteiger partial charge >= 0.3 is 0 Å². The van der Waals surface area contributed by atoms with E-state index in [4.69, 9.17) is 11.5 Å². The maximum absolute atomic E-state index is 6.16. The maximum Gasteiger partial charge on any atom is 0.0294 e. The van der Waals surface area contributed by atoms with E-state index in [-0.39, 0.29) is 6.04 Å². The molecular formula is C14H24N2. The lowest BCUT2D eigenvalue weighted by Gasteiger charge is -2.14. The first kappa shape index (κ1) is 13.2. The molecule has 0 aliphatic carbocycles. The van der Waals surface area contributed by atoms with Crippen LogP contribution in [-0.4, -0.2) is 6.54 Å². The Morgan fingerprint density at radius 2 is 1.81 bits per heavy atom. The molecule has 0 saturated heterocycles. The zero-order valence-corrected chi connectivity index (χ0v) is 10.4. The molecule has 1 aromatic carbocycles. The van der Waals surface area contributed by atoms with E-state index >= 15 is 0 Å². The number of benzene rings is 1. The molecule has 90 valence electrons. The van der Waals surface area contributed by atoms with E-state index < -0.39 is 0 Å². The Hall–Kier alpha value is -0.860. The van der Waals surface area contributed by atoms with E-state index in [1.807, 2.05) is 0 Å². The highest BCUT2D eigenvalue weighted by molar-refractivity contribution is 5.27. The van der Waals surface area contributed by atoms with Crippen molar-refractivity contribution in [1.82, 2.24) is 0 Å². The van der Waals surface area contributed by atoms with Gasteiger partial charge < -0.3 is 11.5 Å². The highest BCUT2D eigenvalue weighted by Gasteiger charge is 2.07. The molecule has 0 aliphatic heterocycles. The molecule has 0 radical (unpaired) electrons. The van der Waals surface area contributed by atoms with E-state index in [1.165, 1.54) is 11.1 Å². The van der Waals surface area contributed by atoms with Gasteiger partial charge in [-0.1, -0.05) is 44.5 Å². The minimum Gasteiger partial charge on any atom is -0.330 e. The molecule has 0 amide bonds. The zero-order chi connectivity index (χ0) is 12.0. The van der Waals surface area contributed by atoms with E-state index in [1.54, 1.807) is 0 Å². The SMILES string of the molecule is CC(C)c1cccc([C@@H](N)CCCCN)c1. The van der Waals surface area contributed by atoms with Crippen molar-refractivity contribution < 1.29 is 0 Å². The minimum absolute atomic E-state index is 0.158. The Labute approximate surface area is 99.0 Å². The van der Waals surface area contributed by atoms with Gasteiger partial charge in [-0.2, -0.15) is 0 Å².